The van der Waals surface area contributed by atoms with Gasteiger partial charge in [0.1, 0.15) is 0 Å². The van der Waals surface area contributed by atoms with E-state index in [9.17, 15) is 4.79 Å². The van der Waals surface area contributed by atoms with Gasteiger partial charge in [-0.2, -0.15) is 0 Å². The van der Waals surface area contributed by atoms with E-state index < -0.39 is 0 Å². The van der Waals surface area contributed by atoms with Gasteiger partial charge in [-0.15, -0.1) is 0 Å². The van der Waals surface area contributed by atoms with Crippen LogP contribution in [0, 0.1) is 0 Å². The second-order valence-corrected chi connectivity index (χ2v) is 6.82. The average Bonchev–Trinajstić information content (AvgIpc) is 3.08. The van der Waals surface area contributed by atoms with Gasteiger partial charge in [-0.1, -0.05) is 6.07 Å². The summed E-state index contributed by atoms with van der Waals surface area (Å²) in [7, 11) is 0. The average molecular weight is 325 g/mol. The molecule has 1 saturated heterocycles. The van der Waals surface area contributed by atoms with Crippen molar-refractivity contribution < 1.29 is 4.79 Å². The van der Waals surface area contributed by atoms with Crippen molar-refractivity contribution in [1.82, 2.24) is 24.8 Å². The number of amides is 1. The molecule has 0 atom stereocenters. The summed E-state index contributed by atoms with van der Waals surface area (Å²) in [5.74, 6) is 0.157. The van der Waals surface area contributed by atoms with Crippen LogP contribution in [0.5, 0.6) is 0 Å². The number of carbonyl (C=O) groups excluding carboxylic acids is 1. The van der Waals surface area contributed by atoms with Gasteiger partial charge in [-0.3, -0.25) is 14.7 Å². The number of hydrogen-bond acceptors (Lipinski definition) is 4. The van der Waals surface area contributed by atoms with Crippen molar-refractivity contribution in [3.05, 3.63) is 47.8 Å². The van der Waals surface area contributed by atoms with E-state index in [1.165, 1.54) is 11.3 Å². The minimum atomic E-state index is -0.231. The van der Waals surface area contributed by atoms with Crippen LogP contribution in [0.1, 0.15) is 36.7 Å². The molecular formula is C18H23N5O. The van der Waals surface area contributed by atoms with Crippen LogP contribution in [-0.4, -0.2) is 50.3 Å². The van der Waals surface area contributed by atoms with E-state index in [1.54, 1.807) is 19.4 Å². The van der Waals surface area contributed by atoms with Gasteiger partial charge in [-0.25, -0.2) is 4.98 Å². The minimum absolute atomic E-state index is 0.157. The van der Waals surface area contributed by atoms with E-state index in [1.807, 2.05) is 12.3 Å². The number of carbonyl (C=O) groups is 1. The van der Waals surface area contributed by atoms with Crippen molar-refractivity contribution in [3.63, 3.8) is 0 Å². The number of aromatic nitrogens is 3. The Morgan fingerprint density at radius 3 is 2.88 bits per heavy atom. The van der Waals surface area contributed by atoms with Crippen molar-refractivity contribution in [3.8, 4) is 0 Å². The van der Waals surface area contributed by atoms with Gasteiger partial charge in [-0.05, 0) is 24.5 Å². The van der Waals surface area contributed by atoms with E-state index in [0.717, 1.165) is 51.1 Å². The lowest BCUT2D eigenvalue weighted by atomic mass is 9.78. The number of hydrogen-bond donors (Lipinski definition) is 1. The van der Waals surface area contributed by atoms with Crippen LogP contribution in [0.2, 0.25) is 0 Å². The maximum absolute atomic E-state index is 12.2. The fraction of sp³-hybridized carbons (Fsp3) is 0.500. The molecule has 0 aromatic carbocycles. The Bertz CT molecular complexity index is 718. The van der Waals surface area contributed by atoms with Crippen LogP contribution in [-0.2, 0) is 23.3 Å². The van der Waals surface area contributed by atoms with Gasteiger partial charge in [0.25, 0.3) is 0 Å². The smallest absolute Gasteiger partial charge is 0.220 e. The maximum Gasteiger partial charge on any atom is 0.220 e. The Kier molecular flexibility index (Phi) is 3.84. The van der Waals surface area contributed by atoms with E-state index in [4.69, 9.17) is 0 Å². The standard InChI is InChI=1S/C18H23N5O/c1-14(24)23-8-4-16-17(21-13-20-16)18(23)5-9-22(10-6-18)12-15-3-2-7-19-11-15/h2-3,7,11,13H,4-6,8-10,12H2,1H3,(H,20,21). The number of piperidine rings is 1. The number of nitrogens with zero attached hydrogens (tertiary/aromatic N) is 4. The second kappa shape index (κ2) is 6.02. The fourth-order valence-corrected chi connectivity index (χ4v) is 4.27. The van der Waals surface area contributed by atoms with Crippen molar-refractivity contribution >= 4 is 5.91 Å². The molecule has 4 heterocycles. The van der Waals surface area contributed by atoms with E-state index in [-0.39, 0.29) is 11.4 Å². The number of H-pyrrole nitrogens is 1. The fourth-order valence-electron chi connectivity index (χ4n) is 4.27. The number of rotatable bonds is 2. The predicted molar refractivity (Wildman–Crippen MR) is 90.1 cm³/mol. The topological polar surface area (TPSA) is 65.1 Å². The summed E-state index contributed by atoms with van der Waals surface area (Å²) in [5, 5.41) is 0. The third kappa shape index (κ3) is 2.51. The van der Waals surface area contributed by atoms with Gasteiger partial charge in [0.15, 0.2) is 0 Å². The molecular weight excluding hydrogens is 302 g/mol. The maximum atomic E-state index is 12.2. The predicted octanol–water partition coefficient (Wildman–Crippen LogP) is 1.70. The quantitative estimate of drug-likeness (QED) is 0.913. The highest BCUT2D eigenvalue weighted by Crippen LogP contribution is 2.42. The van der Waals surface area contributed by atoms with Crippen molar-refractivity contribution in [2.45, 2.75) is 38.3 Å². The first-order valence-electron chi connectivity index (χ1n) is 8.61. The Morgan fingerprint density at radius 1 is 1.33 bits per heavy atom. The first kappa shape index (κ1) is 15.3. The van der Waals surface area contributed by atoms with Crippen LogP contribution >= 0.6 is 0 Å². The number of imidazole rings is 1. The normalized spacial score (nSPS) is 20.1. The van der Waals surface area contributed by atoms with Crippen LogP contribution in [0.25, 0.3) is 0 Å². The lowest BCUT2D eigenvalue weighted by Crippen LogP contribution is -2.57. The molecule has 2 aromatic rings. The summed E-state index contributed by atoms with van der Waals surface area (Å²) >= 11 is 0. The molecule has 4 rings (SSSR count). The lowest BCUT2D eigenvalue weighted by molar-refractivity contribution is -0.139. The van der Waals surface area contributed by atoms with E-state index >= 15 is 0 Å². The van der Waals surface area contributed by atoms with Gasteiger partial charge >= 0.3 is 0 Å². The summed E-state index contributed by atoms with van der Waals surface area (Å²) in [5.41, 5.74) is 3.30. The van der Waals surface area contributed by atoms with Crippen molar-refractivity contribution in [2.24, 2.45) is 0 Å². The highest BCUT2D eigenvalue weighted by molar-refractivity contribution is 5.75. The molecule has 2 aromatic heterocycles. The van der Waals surface area contributed by atoms with Crippen LogP contribution in [0.3, 0.4) is 0 Å². The SMILES string of the molecule is CC(=O)N1CCc2[nH]cnc2C12CCN(Cc1cccnc1)CC2. The third-order valence-electron chi connectivity index (χ3n) is 5.45. The zero-order valence-electron chi connectivity index (χ0n) is 14.0. The number of fused-ring (bicyclic) bond motifs is 2. The van der Waals surface area contributed by atoms with Gasteiger partial charge in [0.2, 0.25) is 5.91 Å². The summed E-state index contributed by atoms with van der Waals surface area (Å²) in [4.78, 5) is 28.8. The van der Waals surface area contributed by atoms with Crippen LogP contribution < -0.4 is 0 Å². The number of aromatic amines is 1. The molecule has 1 spiro atoms. The molecule has 1 fully saturated rings. The van der Waals surface area contributed by atoms with Gasteiger partial charge in [0, 0.05) is 57.6 Å². The molecule has 2 aliphatic heterocycles. The first-order valence-corrected chi connectivity index (χ1v) is 8.61. The lowest BCUT2D eigenvalue weighted by Gasteiger charge is -2.50. The molecule has 6 nitrogen and oxygen atoms in total. The molecule has 2 aliphatic rings. The number of likely N-dealkylation sites (tertiary alicyclic amines) is 1. The monoisotopic (exact) mass is 325 g/mol. The molecule has 0 aliphatic carbocycles. The number of pyridine rings is 1. The summed E-state index contributed by atoms with van der Waals surface area (Å²) < 4.78 is 0. The molecule has 0 saturated carbocycles. The van der Waals surface area contributed by atoms with Crippen molar-refractivity contribution in [1.29, 1.82) is 0 Å². The van der Waals surface area contributed by atoms with Crippen LogP contribution in [0.15, 0.2) is 30.9 Å². The molecule has 24 heavy (non-hydrogen) atoms. The first-order chi connectivity index (χ1) is 11.7. The van der Waals surface area contributed by atoms with Gasteiger partial charge in [0.05, 0.1) is 17.6 Å². The summed E-state index contributed by atoms with van der Waals surface area (Å²) in [6.45, 7) is 5.31. The molecule has 6 heteroatoms. The Hall–Kier alpha value is -2.21. The molecule has 1 N–H and O–H groups in total. The Morgan fingerprint density at radius 2 is 2.17 bits per heavy atom. The number of nitrogens with one attached hydrogen (secondary N) is 1. The molecule has 126 valence electrons. The molecule has 0 radical (unpaired) electrons. The summed E-state index contributed by atoms with van der Waals surface area (Å²) in [6, 6.07) is 4.10. The van der Waals surface area contributed by atoms with Gasteiger partial charge < -0.3 is 9.88 Å². The van der Waals surface area contributed by atoms with E-state index in [0.29, 0.717) is 0 Å². The zero-order chi connectivity index (χ0) is 16.6. The molecule has 1 amide bonds. The Balaban J connectivity index is 1.55. The molecule has 0 unspecified atom stereocenters. The second-order valence-electron chi connectivity index (χ2n) is 6.82. The zero-order valence-corrected chi connectivity index (χ0v) is 14.0. The van der Waals surface area contributed by atoms with Crippen LogP contribution in [0.4, 0.5) is 0 Å². The highest BCUT2D eigenvalue weighted by atomic mass is 16.2. The van der Waals surface area contributed by atoms with Crippen molar-refractivity contribution in [2.75, 3.05) is 19.6 Å². The Labute approximate surface area is 141 Å². The highest BCUT2D eigenvalue weighted by Gasteiger charge is 2.47. The molecule has 0 bridgehead atoms. The minimum Gasteiger partial charge on any atom is -0.348 e. The third-order valence-corrected chi connectivity index (χ3v) is 5.45. The van der Waals surface area contributed by atoms with E-state index in [2.05, 4.69) is 30.8 Å². The summed E-state index contributed by atoms with van der Waals surface area (Å²) in [6.07, 6.45) is 8.25. The largest absolute Gasteiger partial charge is 0.348 e.